The van der Waals surface area contributed by atoms with Gasteiger partial charge in [-0.15, -0.1) is 13.2 Å². The van der Waals surface area contributed by atoms with Crippen LogP contribution in [0, 0.1) is 16.0 Å². The Morgan fingerprint density at radius 2 is 1.81 bits per heavy atom. The lowest BCUT2D eigenvalue weighted by Crippen LogP contribution is -2.13. The fourth-order valence-corrected chi connectivity index (χ4v) is 1.89. The number of alkyl halides is 3. The van der Waals surface area contributed by atoms with Gasteiger partial charge in [0, 0.05) is 17.2 Å². The van der Waals surface area contributed by atoms with Crippen LogP contribution < -0.4 is 0 Å². The molecular weight excluding hydrogens is 361 g/mol. The standard InChI is InChI=1S/C19H25F3N2O3/c1-8-15(10-17(24(25)26)14(7)12(3)4)18(13(5)6)23-11-16(9-2)27-19(20,21)22/h8-12H,1H2,2-7H3/b15-10+,16-9+,17-14+,23-11?. The molecule has 0 aromatic rings. The molecule has 0 N–H and O–H groups in total. The van der Waals surface area contributed by atoms with Gasteiger partial charge in [-0.05, 0) is 39.7 Å². The molecule has 27 heavy (non-hydrogen) atoms. The van der Waals surface area contributed by atoms with Gasteiger partial charge in [0.05, 0.1) is 16.8 Å². The molecule has 0 aromatic heterocycles. The van der Waals surface area contributed by atoms with E-state index >= 15 is 0 Å². The Bertz CT molecular complexity index is 721. The van der Waals surface area contributed by atoms with Gasteiger partial charge >= 0.3 is 6.36 Å². The van der Waals surface area contributed by atoms with Crippen LogP contribution in [-0.2, 0) is 4.74 Å². The van der Waals surface area contributed by atoms with Gasteiger partial charge in [-0.25, -0.2) is 0 Å². The summed E-state index contributed by atoms with van der Waals surface area (Å²) in [6.07, 6.45) is -0.120. The number of hydrogen-bond acceptors (Lipinski definition) is 4. The van der Waals surface area contributed by atoms with Crippen LogP contribution in [0.3, 0.4) is 0 Å². The Hall–Kier alpha value is -2.64. The van der Waals surface area contributed by atoms with E-state index in [-0.39, 0.29) is 17.3 Å². The van der Waals surface area contributed by atoms with Gasteiger partial charge in [0.1, 0.15) is 5.76 Å². The van der Waals surface area contributed by atoms with E-state index in [1.54, 1.807) is 20.8 Å². The number of hydrogen-bond donors (Lipinski definition) is 0. The molecule has 8 heteroatoms. The van der Waals surface area contributed by atoms with Crippen molar-refractivity contribution >= 4 is 6.21 Å². The first-order chi connectivity index (χ1) is 12.3. The van der Waals surface area contributed by atoms with Crippen LogP contribution in [0.1, 0.15) is 41.5 Å². The summed E-state index contributed by atoms with van der Waals surface area (Å²) in [4.78, 5) is 15.0. The topological polar surface area (TPSA) is 64.7 Å². The Balaban J connectivity index is 6.17. The summed E-state index contributed by atoms with van der Waals surface area (Å²) in [6, 6.07) is 0. The molecule has 0 unspecified atom stereocenters. The molecule has 0 saturated carbocycles. The summed E-state index contributed by atoms with van der Waals surface area (Å²) in [5.41, 5.74) is 1.69. The Labute approximate surface area is 157 Å². The van der Waals surface area contributed by atoms with Gasteiger partial charge in [0.2, 0.25) is 0 Å². The lowest BCUT2D eigenvalue weighted by atomic mass is 10.00. The van der Waals surface area contributed by atoms with Gasteiger partial charge in [0.25, 0.3) is 5.70 Å². The van der Waals surface area contributed by atoms with E-state index in [2.05, 4.69) is 16.3 Å². The smallest absolute Gasteiger partial charge is 0.404 e. The third kappa shape index (κ3) is 8.52. The van der Waals surface area contributed by atoms with Crippen LogP contribution in [0.15, 0.2) is 63.7 Å². The Kier molecular flexibility index (Phi) is 9.47. The summed E-state index contributed by atoms with van der Waals surface area (Å²) in [7, 11) is 0. The fraction of sp³-hybridized carbons (Fsp3) is 0.421. The SMILES string of the molecule is C=C/C(=C\C(=C(\C)C(C)C)[N+](=O)[O-])C(N=C/C(=C\C)OC(F)(F)F)=C(C)C. The van der Waals surface area contributed by atoms with Crippen LogP contribution in [0.25, 0.3) is 0 Å². The second-order valence-corrected chi connectivity index (χ2v) is 6.13. The van der Waals surface area contributed by atoms with Crippen molar-refractivity contribution in [3.8, 4) is 0 Å². The first-order valence-corrected chi connectivity index (χ1v) is 8.17. The molecule has 150 valence electrons. The van der Waals surface area contributed by atoms with E-state index in [1.165, 1.54) is 19.1 Å². The minimum Gasteiger partial charge on any atom is -0.404 e. The van der Waals surface area contributed by atoms with Crippen molar-refractivity contribution in [3.63, 3.8) is 0 Å². The molecule has 0 bridgehead atoms. The zero-order chi connectivity index (χ0) is 21.4. The van der Waals surface area contributed by atoms with Crippen molar-refractivity contribution < 1.29 is 22.8 Å². The largest absolute Gasteiger partial charge is 0.573 e. The second-order valence-electron chi connectivity index (χ2n) is 6.13. The monoisotopic (exact) mass is 386 g/mol. The summed E-state index contributed by atoms with van der Waals surface area (Å²) < 4.78 is 41.0. The molecule has 0 rings (SSSR count). The van der Waals surface area contributed by atoms with Crippen molar-refractivity contribution in [2.24, 2.45) is 10.9 Å². The molecule has 0 spiro atoms. The fourth-order valence-electron chi connectivity index (χ4n) is 1.89. The molecule has 0 atom stereocenters. The van der Waals surface area contributed by atoms with E-state index in [1.807, 2.05) is 13.8 Å². The van der Waals surface area contributed by atoms with Crippen molar-refractivity contribution in [3.05, 3.63) is 68.8 Å². The molecule has 0 heterocycles. The Morgan fingerprint density at radius 3 is 2.15 bits per heavy atom. The molecule has 0 aliphatic carbocycles. The summed E-state index contributed by atoms with van der Waals surface area (Å²) in [5, 5.41) is 11.4. The first-order valence-electron chi connectivity index (χ1n) is 8.17. The molecule has 0 radical (unpaired) electrons. The third-order valence-corrected chi connectivity index (χ3v) is 3.56. The van der Waals surface area contributed by atoms with E-state index < -0.39 is 17.0 Å². The van der Waals surface area contributed by atoms with E-state index in [9.17, 15) is 23.3 Å². The molecule has 0 aliphatic rings. The predicted molar refractivity (Wildman–Crippen MR) is 101 cm³/mol. The van der Waals surface area contributed by atoms with Gasteiger partial charge in [-0.1, -0.05) is 32.1 Å². The highest BCUT2D eigenvalue weighted by Gasteiger charge is 2.31. The number of nitro groups is 1. The quantitative estimate of drug-likeness (QED) is 0.166. The van der Waals surface area contributed by atoms with E-state index in [0.717, 1.165) is 12.3 Å². The number of halogens is 3. The lowest BCUT2D eigenvalue weighted by molar-refractivity contribution is -0.420. The molecule has 0 saturated heterocycles. The minimum atomic E-state index is -4.84. The third-order valence-electron chi connectivity index (χ3n) is 3.56. The molecule has 0 aliphatic heterocycles. The highest BCUT2D eigenvalue weighted by Crippen LogP contribution is 2.24. The highest BCUT2D eigenvalue weighted by molar-refractivity contribution is 5.77. The van der Waals surface area contributed by atoms with Gasteiger partial charge in [-0.3, -0.25) is 15.1 Å². The number of allylic oxidation sites excluding steroid dienone is 6. The second kappa shape index (κ2) is 10.5. The summed E-state index contributed by atoms with van der Waals surface area (Å²) in [6.45, 7) is 13.7. The molecular formula is C19H25F3N2O3. The normalized spacial score (nSPS) is 14.3. The lowest BCUT2D eigenvalue weighted by Gasteiger charge is -2.10. The van der Waals surface area contributed by atoms with Crippen LogP contribution in [0.2, 0.25) is 0 Å². The molecule has 5 nitrogen and oxygen atoms in total. The van der Waals surface area contributed by atoms with E-state index in [4.69, 9.17) is 0 Å². The molecule has 0 fully saturated rings. The summed E-state index contributed by atoms with van der Waals surface area (Å²) >= 11 is 0. The number of rotatable bonds is 8. The maximum Gasteiger partial charge on any atom is 0.573 e. The van der Waals surface area contributed by atoms with Crippen molar-refractivity contribution in [2.45, 2.75) is 47.9 Å². The number of aliphatic imine (C=N–C) groups is 1. The summed E-state index contributed by atoms with van der Waals surface area (Å²) in [5.74, 6) is -0.547. The van der Waals surface area contributed by atoms with Gasteiger partial charge in [0.15, 0.2) is 0 Å². The van der Waals surface area contributed by atoms with Gasteiger partial charge < -0.3 is 4.74 Å². The zero-order valence-corrected chi connectivity index (χ0v) is 16.3. The average molecular weight is 386 g/mol. The molecule has 0 aromatic carbocycles. The van der Waals surface area contributed by atoms with Crippen LogP contribution >= 0.6 is 0 Å². The maximum atomic E-state index is 12.4. The van der Waals surface area contributed by atoms with Crippen molar-refractivity contribution in [1.82, 2.24) is 0 Å². The predicted octanol–water partition coefficient (Wildman–Crippen LogP) is 6.11. The maximum absolute atomic E-state index is 12.4. The van der Waals surface area contributed by atoms with E-state index in [0.29, 0.717) is 16.7 Å². The average Bonchev–Trinajstić information content (AvgIpc) is 2.53. The van der Waals surface area contributed by atoms with Crippen LogP contribution in [0.5, 0.6) is 0 Å². The van der Waals surface area contributed by atoms with Crippen LogP contribution in [-0.4, -0.2) is 17.5 Å². The van der Waals surface area contributed by atoms with Crippen LogP contribution in [0.4, 0.5) is 13.2 Å². The number of ether oxygens (including phenoxy) is 1. The van der Waals surface area contributed by atoms with Crippen molar-refractivity contribution in [1.29, 1.82) is 0 Å². The highest BCUT2D eigenvalue weighted by atomic mass is 19.4. The number of nitrogens with zero attached hydrogens (tertiary/aromatic N) is 2. The first kappa shape index (κ1) is 24.4. The Morgan fingerprint density at radius 1 is 1.26 bits per heavy atom. The molecule has 0 amide bonds. The zero-order valence-electron chi connectivity index (χ0n) is 16.3. The van der Waals surface area contributed by atoms with Crippen molar-refractivity contribution in [2.75, 3.05) is 0 Å². The minimum absolute atomic E-state index is 0.0545. The van der Waals surface area contributed by atoms with Gasteiger partial charge in [-0.2, -0.15) is 0 Å².